The molecule has 5 nitrogen and oxygen atoms in total. The molecule has 1 saturated carbocycles. The molecule has 0 radical (unpaired) electrons. The number of likely N-dealkylation sites (tertiary alicyclic amines) is 1. The summed E-state index contributed by atoms with van der Waals surface area (Å²) in [5, 5.41) is 0. The molecule has 3 aliphatic rings. The smallest absolute Gasteiger partial charge is 0.253 e. The van der Waals surface area contributed by atoms with E-state index >= 15 is 0 Å². The minimum atomic E-state index is -0.491. The standard InChI is InChI=1S/C20H27BrN2O3/c1-22(19(24)15-4-6-16(21)7-5-15)18-14-20(25-12-13-26-20)9-8-17(18)23-10-2-3-11-23/h4-7,17-18H,2-3,8-14H2,1H3/t17-,18-/m0/s1. The number of amides is 1. The Balaban J connectivity index is 1.57. The van der Waals surface area contributed by atoms with E-state index in [1.54, 1.807) is 0 Å². The van der Waals surface area contributed by atoms with Gasteiger partial charge in [-0.25, -0.2) is 0 Å². The molecule has 2 atom stereocenters. The van der Waals surface area contributed by atoms with Gasteiger partial charge in [0.1, 0.15) is 0 Å². The lowest BCUT2D eigenvalue weighted by molar-refractivity contribution is -0.195. The van der Waals surface area contributed by atoms with Crippen molar-refractivity contribution >= 4 is 21.8 Å². The van der Waals surface area contributed by atoms with Crippen LogP contribution in [0.1, 0.15) is 42.5 Å². The summed E-state index contributed by atoms with van der Waals surface area (Å²) in [6.45, 7) is 3.59. The maximum absolute atomic E-state index is 13.1. The molecule has 1 amide bonds. The molecular weight excluding hydrogens is 396 g/mol. The van der Waals surface area contributed by atoms with E-state index in [-0.39, 0.29) is 11.9 Å². The second-order valence-corrected chi connectivity index (χ2v) is 8.57. The zero-order chi connectivity index (χ0) is 18.1. The van der Waals surface area contributed by atoms with Gasteiger partial charge in [0.25, 0.3) is 5.91 Å². The van der Waals surface area contributed by atoms with Gasteiger partial charge in [-0.1, -0.05) is 15.9 Å². The van der Waals surface area contributed by atoms with E-state index in [1.807, 2.05) is 36.2 Å². The SMILES string of the molecule is CN(C(=O)c1ccc(Br)cc1)[C@H]1CC2(CC[C@@H]1N1CCCC1)OCCO2. The number of rotatable bonds is 3. The van der Waals surface area contributed by atoms with Gasteiger partial charge < -0.3 is 14.4 Å². The Morgan fingerprint density at radius 2 is 1.85 bits per heavy atom. The molecule has 2 aliphatic heterocycles. The predicted octanol–water partition coefficient (Wildman–Crippen LogP) is 3.28. The molecule has 4 rings (SSSR count). The average Bonchev–Trinajstić information content (AvgIpc) is 3.34. The van der Waals surface area contributed by atoms with Crippen molar-refractivity contribution in [1.29, 1.82) is 0 Å². The zero-order valence-electron chi connectivity index (χ0n) is 15.3. The Morgan fingerprint density at radius 3 is 2.50 bits per heavy atom. The molecule has 1 aromatic rings. The highest BCUT2D eigenvalue weighted by molar-refractivity contribution is 9.10. The molecule has 1 spiro atoms. The number of carbonyl (C=O) groups is 1. The van der Waals surface area contributed by atoms with E-state index in [0.29, 0.717) is 19.3 Å². The number of benzene rings is 1. The quantitative estimate of drug-likeness (QED) is 0.749. The van der Waals surface area contributed by atoms with Gasteiger partial charge in [-0.15, -0.1) is 0 Å². The molecule has 0 unspecified atom stereocenters. The number of nitrogens with zero attached hydrogens (tertiary/aromatic N) is 2. The molecule has 0 aromatic heterocycles. The molecule has 1 aromatic carbocycles. The summed E-state index contributed by atoms with van der Waals surface area (Å²) in [5.41, 5.74) is 0.726. The van der Waals surface area contributed by atoms with Crippen LogP contribution in [0, 0.1) is 0 Å². The van der Waals surface area contributed by atoms with Crippen LogP contribution < -0.4 is 0 Å². The molecule has 2 saturated heterocycles. The third-order valence-electron chi connectivity index (χ3n) is 6.12. The fraction of sp³-hybridized carbons (Fsp3) is 0.650. The van der Waals surface area contributed by atoms with Crippen LogP contribution in [-0.4, -0.2) is 66.9 Å². The lowest BCUT2D eigenvalue weighted by Crippen LogP contribution is -2.58. The summed E-state index contributed by atoms with van der Waals surface area (Å²) < 4.78 is 13.0. The molecule has 26 heavy (non-hydrogen) atoms. The Hall–Kier alpha value is -0.950. The molecule has 3 fully saturated rings. The summed E-state index contributed by atoms with van der Waals surface area (Å²) in [6.07, 6.45) is 5.21. The highest BCUT2D eigenvalue weighted by atomic mass is 79.9. The summed E-state index contributed by atoms with van der Waals surface area (Å²) in [6, 6.07) is 8.11. The number of ether oxygens (including phenoxy) is 2. The van der Waals surface area contributed by atoms with Crippen molar-refractivity contribution in [1.82, 2.24) is 9.80 Å². The Labute approximate surface area is 163 Å². The zero-order valence-corrected chi connectivity index (χ0v) is 16.9. The summed E-state index contributed by atoms with van der Waals surface area (Å²) in [4.78, 5) is 17.6. The summed E-state index contributed by atoms with van der Waals surface area (Å²) >= 11 is 3.44. The van der Waals surface area contributed by atoms with E-state index in [9.17, 15) is 4.79 Å². The van der Waals surface area contributed by atoms with Crippen LogP contribution in [0.5, 0.6) is 0 Å². The molecule has 2 heterocycles. The van der Waals surface area contributed by atoms with Crippen molar-refractivity contribution in [3.63, 3.8) is 0 Å². The lowest BCUT2D eigenvalue weighted by atomic mass is 9.83. The first kappa shape index (κ1) is 18.4. The first-order chi connectivity index (χ1) is 12.6. The van der Waals surface area contributed by atoms with Crippen LogP contribution in [0.25, 0.3) is 0 Å². The van der Waals surface area contributed by atoms with Crippen molar-refractivity contribution < 1.29 is 14.3 Å². The Bertz CT molecular complexity index is 639. The number of hydrogen-bond acceptors (Lipinski definition) is 4. The van der Waals surface area contributed by atoms with E-state index in [2.05, 4.69) is 20.8 Å². The summed E-state index contributed by atoms with van der Waals surface area (Å²) in [7, 11) is 1.94. The first-order valence-corrected chi connectivity index (χ1v) is 10.4. The van der Waals surface area contributed by atoms with Crippen LogP contribution in [0.2, 0.25) is 0 Å². The third-order valence-corrected chi connectivity index (χ3v) is 6.65. The summed E-state index contributed by atoms with van der Waals surface area (Å²) in [5.74, 6) is -0.420. The largest absolute Gasteiger partial charge is 0.347 e. The monoisotopic (exact) mass is 422 g/mol. The van der Waals surface area contributed by atoms with Crippen LogP contribution in [0.15, 0.2) is 28.7 Å². The van der Waals surface area contributed by atoms with Crippen LogP contribution in [0.4, 0.5) is 0 Å². The molecular formula is C20H27BrN2O3. The minimum absolute atomic E-state index is 0.0711. The Morgan fingerprint density at radius 1 is 1.19 bits per heavy atom. The highest BCUT2D eigenvalue weighted by Gasteiger charge is 2.48. The van der Waals surface area contributed by atoms with Crippen LogP contribution in [0.3, 0.4) is 0 Å². The van der Waals surface area contributed by atoms with Gasteiger partial charge in [0.2, 0.25) is 0 Å². The van der Waals surface area contributed by atoms with Crippen molar-refractivity contribution in [3.8, 4) is 0 Å². The van der Waals surface area contributed by atoms with Crippen molar-refractivity contribution in [2.24, 2.45) is 0 Å². The second-order valence-electron chi connectivity index (χ2n) is 7.65. The second kappa shape index (κ2) is 7.58. The maximum atomic E-state index is 13.1. The fourth-order valence-electron chi connectivity index (χ4n) is 4.72. The third kappa shape index (κ3) is 3.57. The van der Waals surface area contributed by atoms with Gasteiger partial charge in [0.05, 0.1) is 19.3 Å². The minimum Gasteiger partial charge on any atom is -0.347 e. The lowest BCUT2D eigenvalue weighted by Gasteiger charge is -2.47. The highest BCUT2D eigenvalue weighted by Crippen LogP contribution is 2.40. The van der Waals surface area contributed by atoms with Crippen LogP contribution in [-0.2, 0) is 9.47 Å². The van der Waals surface area contributed by atoms with Gasteiger partial charge in [-0.2, -0.15) is 0 Å². The van der Waals surface area contributed by atoms with E-state index in [4.69, 9.17) is 9.47 Å². The van der Waals surface area contributed by atoms with E-state index in [1.165, 1.54) is 12.8 Å². The van der Waals surface area contributed by atoms with Gasteiger partial charge >= 0.3 is 0 Å². The number of carbonyl (C=O) groups excluding carboxylic acids is 1. The normalized spacial score (nSPS) is 28.5. The molecule has 0 N–H and O–H groups in total. The van der Waals surface area contributed by atoms with Crippen molar-refractivity contribution in [3.05, 3.63) is 34.3 Å². The maximum Gasteiger partial charge on any atom is 0.253 e. The fourth-order valence-corrected chi connectivity index (χ4v) is 4.98. The van der Waals surface area contributed by atoms with E-state index < -0.39 is 5.79 Å². The van der Waals surface area contributed by atoms with Gasteiger partial charge in [0.15, 0.2) is 5.79 Å². The number of halogens is 1. The average molecular weight is 423 g/mol. The molecule has 1 aliphatic carbocycles. The van der Waals surface area contributed by atoms with E-state index in [0.717, 1.165) is 42.4 Å². The molecule has 142 valence electrons. The first-order valence-electron chi connectivity index (χ1n) is 9.63. The van der Waals surface area contributed by atoms with Crippen LogP contribution >= 0.6 is 15.9 Å². The number of hydrogen-bond donors (Lipinski definition) is 0. The van der Waals surface area contributed by atoms with Gasteiger partial charge in [-0.05, 0) is 56.6 Å². The van der Waals surface area contributed by atoms with Crippen molar-refractivity contribution in [2.75, 3.05) is 33.4 Å². The number of likely N-dealkylation sites (N-methyl/N-ethyl adjacent to an activating group) is 1. The van der Waals surface area contributed by atoms with Gasteiger partial charge in [-0.3, -0.25) is 9.69 Å². The van der Waals surface area contributed by atoms with Crippen molar-refractivity contribution in [2.45, 2.75) is 50.0 Å². The molecule has 6 heteroatoms. The van der Waals surface area contributed by atoms with Gasteiger partial charge in [0, 0.05) is 36.0 Å². The Kier molecular flexibility index (Phi) is 5.37. The predicted molar refractivity (Wildman–Crippen MR) is 103 cm³/mol. The topological polar surface area (TPSA) is 42.0 Å². The molecule has 0 bridgehead atoms.